The Bertz CT molecular complexity index is 1380. The fourth-order valence-electron chi connectivity index (χ4n) is 4.20. The maximum absolute atomic E-state index is 13.5. The second-order valence-corrected chi connectivity index (χ2v) is 13.6. The zero-order valence-electron chi connectivity index (χ0n) is 23.3. The predicted octanol–water partition coefficient (Wildman–Crippen LogP) is 4.36. The van der Waals surface area contributed by atoms with Crippen molar-refractivity contribution < 1.29 is 26.7 Å². The maximum atomic E-state index is 13.5. The van der Waals surface area contributed by atoms with E-state index in [1.807, 2.05) is 44.2 Å². The maximum Gasteiger partial charge on any atom is 0.243 e. The quantitative estimate of drug-likeness (QED) is 0.235. The van der Waals surface area contributed by atoms with Crippen molar-refractivity contribution in [3.8, 4) is 0 Å². The summed E-state index contributed by atoms with van der Waals surface area (Å²) in [5.74, 6) is 0. The molecule has 0 heterocycles. The van der Waals surface area contributed by atoms with Gasteiger partial charge in [-0.2, -0.15) is 8.61 Å². The lowest BCUT2D eigenvalue weighted by Crippen LogP contribution is -2.38. The molecule has 8 nitrogen and oxygen atoms in total. The minimum absolute atomic E-state index is 0.126. The zero-order chi connectivity index (χ0) is 29.0. The van der Waals surface area contributed by atoms with Crippen molar-refractivity contribution in [2.75, 3.05) is 39.4 Å². The number of aliphatic hydroxyl groups excluding tert-OH is 1. The first-order valence-corrected chi connectivity index (χ1v) is 16.4. The summed E-state index contributed by atoms with van der Waals surface area (Å²) in [5.41, 5.74) is 2.95. The summed E-state index contributed by atoms with van der Waals surface area (Å²) < 4.78 is 62.3. The fourth-order valence-corrected chi connectivity index (χ4v) is 7.23. The molecule has 0 aliphatic heterocycles. The Morgan fingerprint density at radius 2 is 1.07 bits per heavy atom. The Morgan fingerprint density at radius 1 is 0.625 bits per heavy atom. The molecule has 0 fully saturated rings. The Labute approximate surface area is 239 Å². The number of benzene rings is 3. The third kappa shape index (κ3) is 9.22. The van der Waals surface area contributed by atoms with Crippen molar-refractivity contribution >= 4 is 20.0 Å². The van der Waals surface area contributed by atoms with Crippen LogP contribution in [0.15, 0.2) is 88.7 Å². The van der Waals surface area contributed by atoms with E-state index in [0.29, 0.717) is 26.1 Å². The van der Waals surface area contributed by atoms with Crippen LogP contribution in [0.1, 0.15) is 36.0 Å². The van der Waals surface area contributed by atoms with Gasteiger partial charge in [0, 0.05) is 39.4 Å². The molecule has 0 saturated carbocycles. The van der Waals surface area contributed by atoms with E-state index in [1.165, 1.54) is 8.61 Å². The Balaban J connectivity index is 1.69. The minimum Gasteiger partial charge on any atom is -0.396 e. The smallest absolute Gasteiger partial charge is 0.243 e. The van der Waals surface area contributed by atoms with Gasteiger partial charge in [0.25, 0.3) is 0 Å². The average molecular weight is 589 g/mol. The van der Waals surface area contributed by atoms with Crippen LogP contribution in [-0.4, -0.2) is 69.9 Å². The second-order valence-electron chi connectivity index (χ2n) is 9.76. The molecule has 10 heteroatoms. The van der Waals surface area contributed by atoms with Crippen molar-refractivity contribution in [2.45, 2.75) is 49.5 Å². The van der Waals surface area contributed by atoms with Crippen molar-refractivity contribution in [3.05, 3.63) is 95.6 Å². The summed E-state index contributed by atoms with van der Waals surface area (Å²) in [4.78, 5) is 0.378. The summed E-state index contributed by atoms with van der Waals surface area (Å²) in [5, 5.41) is 9.35. The minimum atomic E-state index is -3.80. The van der Waals surface area contributed by atoms with Crippen LogP contribution in [0.3, 0.4) is 0 Å². The van der Waals surface area contributed by atoms with Crippen LogP contribution >= 0.6 is 0 Å². The number of rotatable bonds is 17. The molecule has 0 aliphatic rings. The molecule has 0 unspecified atom stereocenters. The van der Waals surface area contributed by atoms with Crippen molar-refractivity contribution in [1.29, 1.82) is 0 Å². The van der Waals surface area contributed by atoms with Crippen LogP contribution in [-0.2, 0) is 31.4 Å². The fraction of sp³-hybridized carbons (Fsp3) is 0.400. The highest BCUT2D eigenvalue weighted by Gasteiger charge is 2.27. The first-order chi connectivity index (χ1) is 19.1. The molecule has 1 N–H and O–H groups in total. The Morgan fingerprint density at radius 3 is 1.55 bits per heavy atom. The topological polar surface area (TPSA) is 104 Å². The lowest BCUT2D eigenvalue weighted by Gasteiger charge is -2.25. The van der Waals surface area contributed by atoms with E-state index in [0.717, 1.165) is 16.7 Å². The van der Waals surface area contributed by atoms with Gasteiger partial charge in [0.1, 0.15) is 0 Å². The number of ether oxygens (including phenoxy) is 1. The van der Waals surface area contributed by atoms with E-state index in [9.17, 15) is 21.9 Å². The van der Waals surface area contributed by atoms with E-state index in [4.69, 9.17) is 4.74 Å². The molecular weight excluding hydrogens is 548 g/mol. The monoisotopic (exact) mass is 588 g/mol. The van der Waals surface area contributed by atoms with E-state index >= 15 is 0 Å². The number of aryl methyl sites for hydroxylation is 2. The van der Waals surface area contributed by atoms with E-state index < -0.39 is 20.0 Å². The van der Waals surface area contributed by atoms with Crippen LogP contribution < -0.4 is 0 Å². The highest BCUT2D eigenvalue weighted by molar-refractivity contribution is 7.89. The molecule has 0 aliphatic carbocycles. The largest absolute Gasteiger partial charge is 0.396 e. The molecule has 0 atom stereocenters. The summed E-state index contributed by atoms with van der Waals surface area (Å²) >= 11 is 0. The van der Waals surface area contributed by atoms with Gasteiger partial charge in [0.15, 0.2) is 0 Å². The summed E-state index contributed by atoms with van der Waals surface area (Å²) in [6.07, 6.45) is 1.08. The molecule has 0 amide bonds. The van der Waals surface area contributed by atoms with Crippen LogP contribution in [0, 0.1) is 13.8 Å². The highest BCUT2D eigenvalue weighted by atomic mass is 32.2. The molecule has 3 aromatic carbocycles. The van der Waals surface area contributed by atoms with Gasteiger partial charge in [-0.25, -0.2) is 16.8 Å². The van der Waals surface area contributed by atoms with Gasteiger partial charge >= 0.3 is 0 Å². The third-order valence-electron chi connectivity index (χ3n) is 6.51. The van der Waals surface area contributed by atoms with Crippen molar-refractivity contribution in [3.63, 3.8) is 0 Å². The summed E-state index contributed by atoms with van der Waals surface area (Å²) in [7, 11) is -7.59. The van der Waals surface area contributed by atoms with Gasteiger partial charge in [0.05, 0.1) is 16.4 Å². The van der Waals surface area contributed by atoms with Crippen molar-refractivity contribution in [2.24, 2.45) is 0 Å². The summed E-state index contributed by atoms with van der Waals surface area (Å²) in [6.45, 7) is 5.13. The highest BCUT2D eigenvalue weighted by Crippen LogP contribution is 2.20. The van der Waals surface area contributed by atoms with Crippen molar-refractivity contribution in [1.82, 2.24) is 8.61 Å². The molecule has 0 saturated heterocycles. The van der Waals surface area contributed by atoms with Gasteiger partial charge < -0.3 is 9.84 Å². The zero-order valence-corrected chi connectivity index (χ0v) is 24.9. The molecule has 218 valence electrons. The van der Waals surface area contributed by atoms with E-state index in [-0.39, 0.29) is 49.0 Å². The second kappa shape index (κ2) is 15.4. The Hall–Kier alpha value is -2.60. The lowest BCUT2D eigenvalue weighted by atomic mass is 10.2. The van der Waals surface area contributed by atoms with Crippen LogP contribution in [0.5, 0.6) is 0 Å². The number of sulfonamides is 2. The molecular formula is C30H40N2O6S2. The van der Waals surface area contributed by atoms with Gasteiger partial charge in [-0.15, -0.1) is 0 Å². The molecule has 0 spiro atoms. The Kier molecular flexibility index (Phi) is 12.3. The van der Waals surface area contributed by atoms with Crippen LogP contribution in [0.4, 0.5) is 0 Å². The number of aliphatic hydroxyl groups is 1. The third-order valence-corrected chi connectivity index (χ3v) is 10.3. The van der Waals surface area contributed by atoms with E-state index in [2.05, 4.69) is 0 Å². The number of nitrogens with zero attached hydrogens (tertiary/aromatic N) is 2. The SMILES string of the molecule is Cc1ccc(S(=O)(=O)N(CCCO)CCCN(CCCOCc2ccccc2)S(=O)(=O)c2ccc(C)cc2)cc1. The first kappa shape index (κ1) is 31.9. The normalized spacial score (nSPS) is 12.3. The molecule has 0 bridgehead atoms. The molecule has 3 rings (SSSR count). The van der Waals surface area contributed by atoms with Crippen LogP contribution in [0.2, 0.25) is 0 Å². The van der Waals surface area contributed by atoms with E-state index in [1.54, 1.807) is 48.5 Å². The van der Waals surface area contributed by atoms with Gasteiger partial charge in [0.2, 0.25) is 20.0 Å². The van der Waals surface area contributed by atoms with Crippen LogP contribution in [0.25, 0.3) is 0 Å². The molecule has 0 radical (unpaired) electrons. The predicted molar refractivity (Wildman–Crippen MR) is 157 cm³/mol. The van der Waals surface area contributed by atoms with Gasteiger partial charge in [-0.1, -0.05) is 65.7 Å². The lowest BCUT2D eigenvalue weighted by molar-refractivity contribution is 0.114. The number of hydrogen-bond acceptors (Lipinski definition) is 6. The number of hydrogen-bond donors (Lipinski definition) is 1. The van der Waals surface area contributed by atoms with Gasteiger partial charge in [-0.05, 0) is 62.9 Å². The molecule has 3 aromatic rings. The van der Waals surface area contributed by atoms with Gasteiger partial charge in [-0.3, -0.25) is 0 Å². The summed E-state index contributed by atoms with van der Waals surface area (Å²) in [6, 6.07) is 23.1. The molecule has 40 heavy (non-hydrogen) atoms. The first-order valence-electron chi connectivity index (χ1n) is 13.5. The standard InChI is InChI=1S/C30H40N2O6S2/c1-26-11-15-29(16-12-26)39(34,35)31(21-7-23-33)19-6-20-32(40(36,37)30-17-13-27(2)14-18-30)22-8-24-38-25-28-9-4-3-5-10-28/h3-5,9-18,33H,6-8,19-25H2,1-2H3. The average Bonchev–Trinajstić information content (AvgIpc) is 2.94. The molecule has 0 aromatic heterocycles.